The van der Waals surface area contributed by atoms with Gasteiger partial charge in [0.05, 0.1) is 6.54 Å². The predicted octanol–water partition coefficient (Wildman–Crippen LogP) is 2.93. The van der Waals surface area contributed by atoms with Gasteiger partial charge in [-0.25, -0.2) is 23.7 Å². The van der Waals surface area contributed by atoms with Gasteiger partial charge in [-0.3, -0.25) is 4.68 Å². The van der Waals surface area contributed by atoms with E-state index in [1.54, 1.807) is 23.3 Å². The molecule has 0 aliphatic carbocycles. The Bertz CT molecular complexity index is 761. The van der Waals surface area contributed by atoms with Crippen LogP contribution in [0.25, 0.3) is 0 Å². The van der Waals surface area contributed by atoms with Crippen molar-refractivity contribution in [1.29, 1.82) is 0 Å². The van der Waals surface area contributed by atoms with Crippen molar-refractivity contribution in [1.82, 2.24) is 24.7 Å². The van der Waals surface area contributed by atoms with E-state index < -0.39 is 11.6 Å². The SMILES string of the molecule is C[C@H](c1ccncn1)[C@@H](Cn1cncn1)c1ccc(F)cc1F. The van der Waals surface area contributed by atoms with Crippen LogP contribution in [0.4, 0.5) is 8.78 Å². The van der Waals surface area contributed by atoms with E-state index in [1.807, 2.05) is 6.92 Å². The molecule has 0 fully saturated rings. The van der Waals surface area contributed by atoms with E-state index in [1.165, 1.54) is 24.8 Å². The maximum atomic E-state index is 14.3. The largest absolute Gasteiger partial charge is 0.252 e. The van der Waals surface area contributed by atoms with Crippen molar-refractivity contribution >= 4 is 0 Å². The summed E-state index contributed by atoms with van der Waals surface area (Å²) in [5.74, 6) is -1.55. The highest BCUT2D eigenvalue weighted by atomic mass is 19.1. The van der Waals surface area contributed by atoms with E-state index in [0.29, 0.717) is 12.1 Å². The molecule has 23 heavy (non-hydrogen) atoms. The third-order valence-electron chi connectivity index (χ3n) is 3.89. The highest BCUT2D eigenvalue weighted by Crippen LogP contribution is 2.34. The molecule has 0 unspecified atom stereocenters. The molecule has 3 rings (SSSR count). The van der Waals surface area contributed by atoms with Crippen molar-refractivity contribution < 1.29 is 8.78 Å². The highest BCUT2D eigenvalue weighted by molar-refractivity contribution is 5.26. The van der Waals surface area contributed by atoms with Gasteiger partial charge in [-0.2, -0.15) is 5.10 Å². The first-order valence-electron chi connectivity index (χ1n) is 7.18. The van der Waals surface area contributed by atoms with E-state index in [-0.39, 0.29) is 11.8 Å². The molecule has 0 aliphatic heterocycles. The van der Waals surface area contributed by atoms with E-state index in [9.17, 15) is 8.78 Å². The van der Waals surface area contributed by atoms with E-state index in [2.05, 4.69) is 20.1 Å². The summed E-state index contributed by atoms with van der Waals surface area (Å²) in [7, 11) is 0. The summed E-state index contributed by atoms with van der Waals surface area (Å²) in [4.78, 5) is 12.1. The number of hydrogen-bond donors (Lipinski definition) is 0. The Hall–Kier alpha value is -2.70. The Labute approximate surface area is 132 Å². The smallest absolute Gasteiger partial charge is 0.137 e. The highest BCUT2D eigenvalue weighted by Gasteiger charge is 2.25. The van der Waals surface area contributed by atoms with Crippen molar-refractivity contribution in [2.45, 2.75) is 25.3 Å². The fourth-order valence-electron chi connectivity index (χ4n) is 2.63. The second-order valence-corrected chi connectivity index (χ2v) is 5.31. The molecule has 7 heteroatoms. The Kier molecular flexibility index (Phi) is 4.36. The van der Waals surface area contributed by atoms with Crippen LogP contribution in [0.5, 0.6) is 0 Å². The van der Waals surface area contributed by atoms with Gasteiger partial charge in [-0.05, 0) is 17.7 Å². The second-order valence-electron chi connectivity index (χ2n) is 5.31. The minimum absolute atomic E-state index is 0.109. The van der Waals surface area contributed by atoms with Gasteiger partial charge in [0.25, 0.3) is 0 Å². The van der Waals surface area contributed by atoms with Crippen molar-refractivity contribution in [2.24, 2.45) is 0 Å². The molecule has 0 radical (unpaired) electrons. The molecule has 5 nitrogen and oxygen atoms in total. The Morgan fingerprint density at radius 1 is 1.13 bits per heavy atom. The molecule has 2 atom stereocenters. The number of hydrogen-bond acceptors (Lipinski definition) is 4. The Morgan fingerprint density at radius 2 is 2.00 bits per heavy atom. The van der Waals surface area contributed by atoms with Gasteiger partial charge in [0.1, 0.15) is 30.6 Å². The number of rotatable bonds is 5. The summed E-state index contributed by atoms with van der Waals surface area (Å²) in [5.41, 5.74) is 1.21. The molecule has 0 saturated heterocycles. The molecule has 118 valence electrons. The molecule has 3 aromatic rings. The number of halogens is 2. The van der Waals surface area contributed by atoms with Crippen LogP contribution in [0, 0.1) is 11.6 Å². The summed E-state index contributed by atoms with van der Waals surface area (Å²) >= 11 is 0. The van der Waals surface area contributed by atoms with E-state index in [0.717, 1.165) is 11.8 Å². The van der Waals surface area contributed by atoms with Gasteiger partial charge in [0, 0.05) is 29.8 Å². The van der Waals surface area contributed by atoms with Crippen LogP contribution in [0.2, 0.25) is 0 Å². The minimum atomic E-state index is -0.597. The third-order valence-corrected chi connectivity index (χ3v) is 3.89. The van der Waals surface area contributed by atoms with Crippen molar-refractivity contribution in [3.8, 4) is 0 Å². The van der Waals surface area contributed by atoms with Crippen LogP contribution in [0.15, 0.2) is 49.4 Å². The minimum Gasteiger partial charge on any atom is -0.252 e. The van der Waals surface area contributed by atoms with E-state index >= 15 is 0 Å². The Morgan fingerprint density at radius 3 is 2.65 bits per heavy atom. The zero-order valence-corrected chi connectivity index (χ0v) is 12.5. The van der Waals surface area contributed by atoms with E-state index in [4.69, 9.17) is 0 Å². The molecular weight excluding hydrogens is 300 g/mol. The molecule has 0 spiro atoms. The number of benzene rings is 1. The second kappa shape index (κ2) is 6.60. The van der Waals surface area contributed by atoms with Gasteiger partial charge in [0.2, 0.25) is 0 Å². The summed E-state index contributed by atoms with van der Waals surface area (Å²) in [6, 6.07) is 5.43. The molecule has 0 aliphatic rings. The fourth-order valence-corrected chi connectivity index (χ4v) is 2.63. The molecule has 2 heterocycles. The van der Waals surface area contributed by atoms with Crippen LogP contribution in [-0.4, -0.2) is 24.7 Å². The Balaban J connectivity index is 1.99. The summed E-state index contributed by atoms with van der Waals surface area (Å²) in [6.07, 6.45) is 6.10. The molecule has 0 amide bonds. The molecule has 0 N–H and O–H groups in total. The van der Waals surface area contributed by atoms with Crippen molar-refractivity contribution in [2.75, 3.05) is 0 Å². The normalized spacial score (nSPS) is 13.7. The summed E-state index contributed by atoms with van der Waals surface area (Å²) in [6.45, 7) is 2.36. The van der Waals surface area contributed by atoms with Crippen molar-refractivity contribution in [3.05, 3.63) is 72.3 Å². The molecule has 0 saturated carbocycles. The average molecular weight is 315 g/mol. The zero-order valence-electron chi connectivity index (χ0n) is 12.5. The molecule has 0 bridgehead atoms. The first-order valence-corrected chi connectivity index (χ1v) is 7.18. The fraction of sp³-hybridized carbons (Fsp3) is 0.250. The van der Waals surface area contributed by atoms with Crippen LogP contribution in [0.3, 0.4) is 0 Å². The lowest BCUT2D eigenvalue weighted by molar-refractivity contribution is 0.436. The van der Waals surface area contributed by atoms with Gasteiger partial charge in [0.15, 0.2) is 0 Å². The lowest BCUT2D eigenvalue weighted by atomic mass is 9.84. The van der Waals surface area contributed by atoms with Crippen LogP contribution >= 0.6 is 0 Å². The van der Waals surface area contributed by atoms with Gasteiger partial charge in [-0.15, -0.1) is 0 Å². The van der Waals surface area contributed by atoms with Crippen molar-refractivity contribution in [3.63, 3.8) is 0 Å². The standard InChI is InChI=1S/C16H15F2N5/c1-11(16-4-5-19-8-21-16)14(7-23-10-20-9-22-23)13-3-2-12(17)6-15(13)18/h2-6,8-11,14H,7H2,1H3/t11-,14+/m0/s1. The van der Waals surface area contributed by atoms with Gasteiger partial charge >= 0.3 is 0 Å². The first kappa shape index (κ1) is 15.2. The maximum absolute atomic E-state index is 14.3. The molecule has 2 aromatic heterocycles. The predicted molar refractivity (Wildman–Crippen MR) is 79.6 cm³/mol. The summed E-state index contributed by atoms with van der Waals surface area (Å²) in [5, 5.41) is 4.08. The molecule has 1 aromatic carbocycles. The third kappa shape index (κ3) is 3.39. The number of aromatic nitrogens is 5. The maximum Gasteiger partial charge on any atom is 0.137 e. The zero-order chi connectivity index (χ0) is 16.2. The van der Waals surface area contributed by atoms with Gasteiger partial charge in [-0.1, -0.05) is 13.0 Å². The van der Waals surface area contributed by atoms with Crippen LogP contribution in [-0.2, 0) is 6.54 Å². The van der Waals surface area contributed by atoms with Crippen LogP contribution < -0.4 is 0 Å². The quantitative estimate of drug-likeness (QED) is 0.726. The van der Waals surface area contributed by atoms with Crippen LogP contribution in [0.1, 0.15) is 30.0 Å². The lowest BCUT2D eigenvalue weighted by Crippen LogP contribution is -2.18. The lowest BCUT2D eigenvalue weighted by Gasteiger charge is -2.24. The average Bonchev–Trinajstić information content (AvgIpc) is 3.07. The topological polar surface area (TPSA) is 56.5 Å². The first-order chi connectivity index (χ1) is 11.1. The molecular formula is C16H15F2N5. The summed E-state index contributed by atoms with van der Waals surface area (Å²) < 4.78 is 29.1. The monoisotopic (exact) mass is 315 g/mol. The number of nitrogens with zero attached hydrogens (tertiary/aromatic N) is 5. The van der Waals surface area contributed by atoms with Gasteiger partial charge < -0.3 is 0 Å².